The zero-order chi connectivity index (χ0) is 13.9. The highest BCUT2D eigenvalue weighted by atomic mass is 32.1. The van der Waals surface area contributed by atoms with Crippen LogP contribution in [0.15, 0.2) is 0 Å². The fourth-order valence-electron chi connectivity index (χ4n) is 1.98. The van der Waals surface area contributed by atoms with Crippen molar-refractivity contribution in [3.8, 4) is 0 Å². The van der Waals surface area contributed by atoms with Crippen LogP contribution in [0.2, 0.25) is 0 Å². The van der Waals surface area contributed by atoms with Crippen molar-refractivity contribution in [3.05, 3.63) is 0 Å². The summed E-state index contributed by atoms with van der Waals surface area (Å²) in [5.41, 5.74) is 0. The lowest BCUT2D eigenvalue weighted by molar-refractivity contribution is -0.0233. The second-order valence-electron chi connectivity index (χ2n) is 4.57. The standard InChI is InChI=1S/C13H27N3O2S/c1-3-16-7-9-18-12(11-16)10-15-13(19)14-6-5-8-17-4-2/h12H,3-11H2,1-2H3,(H2,14,15,19). The lowest BCUT2D eigenvalue weighted by Gasteiger charge is -2.32. The Morgan fingerprint density at radius 1 is 1.42 bits per heavy atom. The van der Waals surface area contributed by atoms with Crippen LogP contribution in [-0.4, -0.2) is 68.7 Å². The zero-order valence-corrected chi connectivity index (χ0v) is 12.9. The molecule has 0 aromatic carbocycles. The van der Waals surface area contributed by atoms with Crippen LogP contribution in [0.5, 0.6) is 0 Å². The minimum absolute atomic E-state index is 0.233. The van der Waals surface area contributed by atoms with Crippen molar-refractivity contribution in [2.75, 3.05) is 52.5 Å². The van der Waals surface area contributed by atoms with Gasteiger partial charge in [-0.3, -0.25) is 4.90 Å². The van der Waals surface area contributed by atoms with Crippen molar-refractivity contribution in [2.24, 2.45) is 0 Å². The third kappa shape index (κ3) is 7.67. The van der Waals surface area contributed by atoms with E-state index in [0.29, 0.717) is 5.11 Å². The molecule has 1 unspecified atom stereocenters. The maximum atomic E-state index is 5.71. The van der Waals surface area contributed by atoms with Crippen molar-refractivity contribution in [3.63, 3.8) is 0 Å². The van der Waals surface area contributed by atoms with E-state index in [0.717, 1.165) is 59.0 Å². The normalized spacial score (nSPS) is 20.2. The first kappa shape index (κ1) is 16.6. The van der Waals surface area contributed by atoms with Gasteiger partial charge < -0.3 is 20.1 Å². The summed E-state index contributed by atoms with van der Waals surface area (Å²) in [5.74, 6) is 0. The maximum Gasteiger partial charge on any atom is 0.166 e. The smallest absolute Gasteiger partial charge is 0.166 e. The van der Waals surface area contributed by atoms with Gasteiger partial charge in [0.2, 0.25) is 0 Å². The van der Waals surface area contributed by atoms with Crippen LogP contribution in [0.3, 0.4) is 0 Å². The molecule has 1 rings (SSSR count). The van der Waals surface area contributed by atoms with Crippen LogP contribution in [0, 0.1) is 0 Å². The number of morpholine rings is 1. The summed E-state index contributed by atoms with van der Waals surface area (Å²) in [6, 6.07) is 0. The molecule has 1 saturated heterocycles. The Labute approximate surface area is 122 Å². The molecular formula is C13H27N3O2S. The van der Waals surface area contributed by atoms with Crippen molar-refractivity contribution >= 4 is 17.3 Å². The molecule has 0 radical (unpaired) electrons. The van der Waals surface area contributed by atoms with Gasteiger partial charge in [-0.2, -0.15) is 0 Å². The summed E-state index contributed by atoms with van der Waals surface area (Å²) in [7, 11) is 0. The van der Waals surface area contributed by atoms with E-state index in [1.54, 1.807) is 0 Å². The molecule has 1 aliphatic heterocycles. The number of likely N-dealkylation sites (N-methyl/N-ethyl adjacent to an activating group) is 1. The molecule has 1 atom stereocenters. The molecule has 0 aromatic rings. The van der Waals surface area contributed by atoms with Gasteiger partial charge in [-0.05, 0) is 32.1 Å². The monoisotopic (exact) mass is 289 g/mol. The number of ether oxygens (including phenoxy) is 2. The van der Waals surface area contributed by atoms with Gasteiger partial charge in [0.05, 0.1) is 12.7 Å². The molecule has 0 bridgehead atoms. The van der Waals surface area contributed by atoms with E-state index in [4.69, 9.17) is 21.7 Å². The number of hydrogen-bond acceptors (Lipinski definition) is 4. The lowest BCUT2D eigenvalue weighted by atomic mass is 10.2. The first-order chi connectivity index (χ1) is 9.26. The molecule has 0 saturated carbocycles. The molecule has 1 fully saturated rings. The zero-order valence-electron chi connectivity index (χ0n) is 12.1. The second-order valence-corrected chi connectivity index (χ2v) is 4.98. The molecule has 0 aliphatic carbocycles. The molecule has 1 aliphatic rings. The SMILES string of the molecule is CCOCCCNC(=S)NCC1CN(CC)CCO1. The van der Waals surface area contributed by atoms with Crippen LogP contribution in [0.1, 0.15) is 20.3 Å². The van der Waals surface area contributed by atoms with Gasteiger partial charge in [-0.15, -0.1) is 0 Å². The largest absolute Gasteiger partial charge is 0.382 e. The minimum atomic E-state index is 0.233. The average molecular weight is 289 g/mol. The Kier molecular flexibility index (Phi) is 9.07. The van der Waals surface area contributed by atoms with E-state index in [2.05, 4.69) is 22.5 Å². The van der Waals surface area contributed by atoms with Crippen LogP contribution in [0.4, 0.5) is 0 Å². The minimum Gasteiger partial charge on any atom is -0.382 e. The molecule has 1 heterocycles. The fraction of sp³-hybridized carbons (Fsp3) is 0.923. The van der Waals surface area contributed by atoms with Gasteiger partial charge in [0.15, 0.2) is 5.11 Å². The van der Waals surface area contributed by atoms with E-state index in [9.17, 15) is 0 Å². The summed E-state index contributed by atoms with van der Waals surface area (Å²) in [6.45, 7) is 11.3. The molecule has 5 nitrogen and oxygen atoms in total. The molecule has 0 amide bonds. The number of hydrogen-bond donors (Lipinski definition) is 2. The van der Waals surface area contributed by atoms with E-state index in [1.165, 1.54) is 0 Å². The van der Waals surface area contributed by atoms with Gasteiger partial charge in [0.25, 0.3) is 0 Å². The Hall–Kier alpha value is -0.430. The quantitative estimate of drug-likeness (QED) is 0.504. The Morgan fingerprint density at radius 2 is 2.26 bits per heavy atom. The Balaban J connectivity index is 2.02. The predicted molar refractivity (Wildman–Crippen MR) is 81.6 cm³/mol. The average Bonchev–Trinajstić information content (AvgIpc) is 2.45. The molecule has 2 N–H and O–H groups in total. The van der Waals surface area contributed by atoms with E-state index >= 15 is 0 Å². The van der Waals surface area contributed by atoms with E-state index in [1.807, 2.05) is 6.92 Å². The van der Waals surface area contributed by atoms with E-state index in [-0.39, 0.29) is 6.10 Å². The van der Waals surface area contributed by atoms with Crippen LogP contribution in [-0.2, 0) is 9.47 Å². The van der Waals surface area contributed by atoms with E-state index < -0.39 is 0 Å². The van der Waals surface area contributed by atoms with Crippen molar-refractivity contribution < 1.29 is 9.47 Å². The summed E-state index contributed by atoms with van der Waals surface area (Å²) in [6.07, 6.45) is 1.20. The van der Waals surface area contributed by atoms with Crippen molar-refractivity contribution in [1.82, 2.24) is 15.5 Å². The molecule has 0 spiro atoms. The highest BCUT2D eigenvalue weighted by molar-refractivity contribution is 7.80. The van der Waals surface area contributed by atoms with Gasteiger partial charge in [-0.1, -0.05) is 6.92 Å². The number of nitrogens with one attached hydrogen (secondary N) is 2. The van der Waals surface area contributed by atoms with Crippen molar-refractivity contribution in [1.29, 1.82) is 0 Å². The Morgan fingerprint density at radius 3 is 3.00 bits per heavy atom. The number of nitrogens with zero attached hydrogens (tertiary/aromatic N) is 1. The summed E-state index contributed by atoms with van der Waals surface area (Å²) >= 11 is 5.23. The van der Waals surface area contributed by atoms with Gasteiger partial charge in [0, 0.05) is 39.4 Å². The van der Waals surface area contributed by atoms with Gasteiger partial charge in [-0.25, -0.2) is 0 Å². The summed E-state index contributed by atoms with van der Waals surface area (Å²) in [4.78, 5) is 2.40. The molecule has 0 aromatic heterocycles. The highest BCUT2D eigenvalue weighted by Crippen LogP contribution is 2.03. The van der Waals surface area contributed by atoms with Gasteiger partial charge >= 0.3 is 0 Å². The highest BCUT2D eigenvalue weighted by Gasteiger charge is 2.18. The molecule has 19 heavy (non-hydrogen) atoms. The third-order valence-corrected chi connectivity index (χ3v) is 3.40. The van der Waals surface area contributed by atoms with Crippen molar-refractivity contribution in [2.45, 2.75) is 26.4 Å². The first-order valence-electron chi connectivity index (χ1n) is 7.19. The van der Waals surface area contributed by atoms with Crippen LogP contribution < -0.4 is 10.6 Å². The topological polar surface area (TPSA) is 45.8 Å². The predicted octanol–water partition coefficient (Wildman–Crippen LogP) is 0.598. The van der Waals surface area contributed by atoms with Crippen LogP contribution in [0.25, 0.3) is 0 Å². The summed E-state index contributed by atoms with van der Waals surface area (Å²) in [5, 5.41) is 7.10. The molecule has 112 valence electrons. The first-order valence-corrected chi connectivity index (χ1v) is 7.60. The molecular weight excluding hydrogens is 262 g/mol. The molecule has 6 heteroatoms. The fourth-order valence-corrected chi connectivity index (χ4v) is 2.17. The second kappa shape index (κ2) is 10.4. The Bertz CT molecular complexity index is 254. The maximum absolute atomic E-state index is 5.71. The number of thiocarbonyl (C=S) groups is 1. The third-order valence-electron chi connectivity index (χ3n) is 3.12. The summed E-state index contributed by atoms with van der Waals surface area (Å²) < 4.78 is 11.0. The lowest BCUT2D eigenvalue weighted by Crippen LogP contribution is -2.48. The van der Waals surface area contributed by atoms with Gasteiger partial charge in [0.1, 0.15) is 0 Å². The number of rotatable bonds is 8. The van der Waals surface area contributed by atoms with Crippen LogP contribution >= 0.6 is 12.2 Å².